The first-order valence-corrected chi connectivity index (χ1v) is 7.10. The Balaban J connectivity index is 1.60. The zero-order valence-corrected chi connectivity index (χ0v) is 11.8. The second-order valence-corrected chi connectivity index (χ2v) is 5.18. The predicted molar refractivity (Wildman–Crippen MR) is 75.3 cm³/mol. The van der Waals surface area contributed by atoms with Crippen LogP contribution in [0.1, 0.15) is 12.8 Å². The molecule has 1 aromatic rings. The number of carbonyl (C=O) groups is 1. The number of hydrogen-bond donors (Lipinski definition) is 0. The van der Waals surface area contributed by atoms with Gasteiger partial charge in [0.05, 0.1) is 6.61 Å². The summed E-state index contributed by atoms with van der Waals surface area (Å²) in [6, 6.07) is 0. The number of aromatic nitrogens is 2. The summed E-state index contributed by atoms with van der Waals surface area (Å²) in [6.07, 6.45) is 7.59. The summed E-state index contributed by atoms with van der Waals surface area (Å²) in [5.41, 5.74) is 0. The minimum absolute atomic E-state index is 0.0317. The molecule has 1 amide bonds. The second kappa shape index (κ2) is 5.56. The summed E-state index contributed by atoms with van der Waals surface area (Å²) in [7, 11) is 1.99. The number of anilines is 1. The summed E-state index contributed by atoms with van der Waals surface area (Å²) in [5, 5.41) is 0. The van der Waals surface area contributed by atoms with Gasteiger partial charge in [0, 0.05) is 45.6 Å². The number of piperazine rings is 1. The van der Waals surface area contributed by atoms with E-state index in [1.165, 1.54) is 0 Å². The zero-order chi connectivity index (χ0) is 13.9. The molecule has 0 spiro atoms. The van der Waals surface area contributed by atoms with Crippen molar-refractivity contribution < 1.29 is 9.53 Å². The number of carbonyl (C=O) groups excluding carboxylic acids is 1. The lowest BCUT2D eigenvalue weighted by Crippen LogP contribution is -2.50. The maximum absolute atomic E-state index is 12.3. The molecular weight excluding hydrogens is 256 g/mol. The van der Waals surface area contributed by atoms with Crippen LogP contribution in [0, 0.1) is 0 Å². The fraction of sp³-hybridized carbons (Fsp3) is 0.571. The lowest BCUT2D eigenvalue weighted by atomic mass is 10.2. The molecule has 1 saturated heterocycles. The normalized spacial score (nSPS) is 19.6. The van der Waals surface area contributed by atoms with Crippen molar-refractivity contribution in [3.8, 4) is 0 Å². The Labute approximate surface area is 118 Å². The van der Waals surface area contributed by atoms with Crippen LogP contribution < -0.4 is 4.90 Å². The number of amides is 1. The number of imidazole rings is 1. The molecule has 0 unspecified atom stereocenters. The van der Waals surface area contributed by atoms with E-state index in [4.69, 9.17) is 4.74 Å². The van der Waals surface area contributed by atoms with Crippen LogP contribution in [0.15, 0.2) is 24.2 Å². The summed E-state index contributed by atoms with van der Waals surface area (Å²) in [5.74, 6) is 1.52. The lowest BCUT2D eigenvalue weighted by Gasteiger charge is -2.35. The monoisotopic (exact) mass is 276 g/mol. The van der Waals surface area contributed by atoms with Crippen molar-refractivity contribution >= 4 is 11.9 Å². The van der Waals surface area contributed by atoms with Crippen LogP contribution in [0.2, 0.25) is 0 Å². The van der Waals surface area contributed by atoms with Crippen molar-refractivity contribution in [3.05, 3.63) is 24.2 Å². The van der Waals surface area contributed by atoms with E-state index in [1.54, 1.807) is 6.20 Å². The molecule has 20 heavy (non-hydrogen) atoms. The molecule has 1 fully saturated rings. The molecule has 0 radical (unpaired) electrons. The highest BCUT2D eigenvalue weighted by Gasteiger charge is 2.26. The van der Waals surface area contributed by atoms with Gasteiger partial charge in [-0.2, -0.15) is 0 Å². The Kier molecular flexibility index (Phi) is 3.62. The van der Waals surface area contributed by atoms with Gasteiger partial charge >= 0.3 is 0 Å². The first-order valence-electron chi connectivity index (χ1n) is 7.10. The number of allylic oxidation sites excluding steroid dienone is 1. The van der Waals surface area contributed by atoms with Crippen molar-refractivity contribution in [1.29, 1.82) is 0 Å². The van der Waals surface area contributed by atoms with Crippen molar-refractivity contribution in [1.82, 2.24) is 14.5 Å². The van der Waals surface area contributed by atoms with E-state index in [0.717, 1.165) is 31.9 Å². The standard InChI is InChI=1S/C14H20N4O2/c1-16-6-5-15-14(16)18-9-7-17(8-10-18)13(19)12-4-2-3-11-20-12/h4-6H,2-3,7-11H2,1H3. The third kappa shape index (κ3) is 2.50. The average molecular weight is 276 g/mol. The van der Waals surface area contributed by atoms with E-state index in [-0.39, 0.29) is 5.91 Å². The highest BCUT2D eigenvalue weighted by atomic mass is 16.5. The van der Waals surface area contributed by atoms with Crippen LogP contribution in [0.3, 0.4) is 0 Å². The Morgan fingerprint density at radius 2 is 2.10 bits per heavy atom. The third-order valence-corrected chi connectivity index (χ3v) is 3.79. The van der Waals surface area contributed by atoms with Gasteiger partial charge in [0.1, 0.15) is 0 Å². The maximum Gasteiger partial charge on any atom is 0.288 e. The van der Waals surface area contributed by atoms with Crippen LogP contribution in [0.25, 0.3) is 0 Å². The fourth-order valence-electron chi connectivity index (χ4n) is 2.63. The Morgan fingerprint density at radius 3 is 2.70 bits per heavy atom. The molecule has 2 aliphatic rings. The lowest BCUT2D eigenvalue weighted by molar-refractivity contribution is -0.131. The molecule has 1 aromatic heterocycles. The minimum Gasteiger partial charge on any atom is -0.488 e. The summed E-state index contributed by atoms with van der Waals surface area (Å²) in [4.78, 5) is 20.7. The second-order valence-electron chi connectivity index (χ2n) is 5.18. The molecule has 0 bridgehead atoms. The van der Waals surface area contributed by atoms with Crippen molar-refractivity contribution in [2.24, 2.45) is 7.05 Å². The number of rotatable bonds is 2. The zero-order valence-electron chi connectivity index (χ0n) is 11.8. The molecule has 2 aliphatic heterocycles. The van der Waals surface area contributed by atoms with Crippen LogP contribution in [-0.4, -0.2) is 53.1 Å². The highest BCUT2D eigenvalue weighted by Crippen LogP contribution is 2.17. The Bertz CT molecular complexity index is 515. The van der Waals surface area contributed by atoms with E-state index in [1.807, 2.05) is 28.8 Å². The van der Waals surface area contributed by atoms with E-state index >= 15 is 0 Å². The molecule has 3 heterocycles. The smallest absolute Gasteiger partial charge is 0.288 e. The Morgan fingerprint density at radius 1 is 1.30 bits per heavy atom. The average Bonchev–Trinajstić information content (AvgIpc) is 2.94. The fourth-order valence-corrected chi connectivity index (χ4v) is 2.63. The minimum atomic E-state index is 0.0317. The quantitative estimate of drug-likeness (QED) is 0.800. The van der Waals surface area contributed by atoms with Gasteiger partial charge in [-0.05, 0) is 18.9 Å². The summed E-state index contributed by atoms with van der Waals surface area (Å²) >= 11 is 0. The van der Waals surface area contributed by atoms with Crippen LogP contribution >= 0.6 is 0 Å². The van der Waals surface area contributed by atoms with E-state index in [0.29, 0.717) is 25.5 Å². The molecule has 0 aromatic carbocycles. The molecule has 0 atom stereocenters. The van der Waals surface area contributed by atoms with Gasteiger partial charge in [-0.25, -0.2) is 4.98 Å². The van der Waals surface area contributed by atoms with E-state index < -0.39 is 0 Å². The van der Waals surface area contributed by atoms with Crippen LogP contribution in [0.4, 0.5) is 5.95 Å². The molecular formula is C14H20N4O2. The molecule has 0 aliphatic carbocycles. The first kappa shape index (κ1) is 13.0. The summed E-state index contributed by atoms with van der Waals surface area (Å²) < 4.78 is 7.46. The molecule has 0 saturated carbocycles. The first-order chi connectivity index (χ1) is 9.75. The number of aryl methyl sites for hydroxylation is 1. The predicted octanol–water partition coefficient (Wildman–Crippen LogP) is 0.763. The van der Waals surface area contributed by atoms with Crippen LogP contribution in [0.5, 0.6) is 0 Å². The van der Waals surface area contributed by atoms with Crippen molar-refractivity contribution in [2.45, 2.75) is 12.8 Å². The van der Waals surface area contributed by atoms with Gasteiger partial charge in [-0.3, -0.25) is 4.79 Å². The molecule has 108 valence electrons. The number of nitrogens with zero attached hydrogens (tertiary/aromatic N) is 4. The molecule has 6 heteroatoms. The van der Waals surface area contributed by atoms with Crippen molar-refractivity contribution in [3.63, 3.8) is 0 Å². The maximum atomic E-state index is 12.3. The SMILES string of the molecule is Cn1ccnc1N1CCN(C(=O)C2=CCCCO2)CC1. The highest BCUT2D eigenvalue weighted by molar-refractivity contribution is 5.91. The van der Waals surface area contributed by atoms with Crippen molar-refractivity contribution in [2.75, 3.05) is 37.7 Å². The van der Waals surface area contributed by atoms with Gasteiger partial charge in [-0.1, -0.05) is 0 Å². The van der Waals surface area contributed by atoms with E-state index in [9.17, 15) is 4.79 Å². The third-order valence-electron chi connectivity index (χ3n) is 3.79. The van der Waals surface area contributed by atoms with Gasteiger partial charge in [0.2, 0.25) is 5.95 Å². The largest absolute Gasteiger partial charge is 0.488 e. The van der Waals surface area contributed by atoms with Gasteiger partial charge in [0.25, 0.3) is 5.91 Å². The van der Waals surface area contributed by atoms with Gasteiger partial charge in [-0.15, -0.1) is 0 Å². The van der Waals surface area contributed by atoms with E-state index in [2.05, 4.69) is 9.88 Å². The summed E-state index contributed by atoms with van der Waals surface area (Å²) in [6.45, 7) is 3.71. The Hall–Kier alpha value is -1.98. The van der Waals surface area contributed by atoms with Gasteiger partial charge in [0.15, 0.2) is 5.76 Å². The van der Waals surface area contributed by atoms with Crippen LogP contribution in [-0.2, 0) is 16.6 Å². The molecule has 0 N–H and O–H groups in total. The topological polar surface area (TPSA) is 50.6 Å². The molecule has 6 nitrogen and oxygen atoms in total. The number of ether oxygens (including phenoxy) is 1. The number of hydrogen-bond acceptors (Lipinski definition) is 4. The molecule has 3 rings (SSSR count). The van der Waals surface area contributed by atoms with Gasteiger partial charge < -0.3 is 19.1 Å².